The lowest BCUT2D eigenvalue weighted by molar-refractivity contribution is 0.391. The Labute approximate surface area is 371 Å². The van der Waals surface area contributed by atoms with E-state index in [1.54, 1.807) is 49.8 Å². The highest BCUT2D eigenvalue weighted by molar-refractivity contribution is 7.95. The van der Waals surface area contributed by atoms with Gasteiger partial charge in [0.25, 0.3) is 20.0 Å². The molecule has 2 aliphatic rings. The molecule has 0 amide bonds. The largest absolute Gasteiger partial charge is 0.495 e. The van der Waals surface area contributed by atoms with Gasteiger partial charge in [-0.05, 0) is 111 Å². The fourth-order valence-corrected chi connectivity index (χ4v) is 13.1. The molecule has 5 heterocycles. The van der Waals surface area contributed by atoms with Crippen molar-refractivity contribution in [3.8, 4) is 32.4 Å². The molecule has 0 unspecified atom stereocenters. The number of benzene rings is 3. The molecule has 4 atom stereocenters. The lowest BCUT2D eigenvalue weighted by Crippen LogP contribution is -2.54. The maximum Gasteiger partial charge on any atom is 0.271 e. The summed E-state index contributed by atoms with van der Waals surface area (Å²) in [4.78, 5) is 6.33. The molecule has 0 aliphatic carbocycles. The second-order valence-electron chi connectivity index (χ2n) is 15.3. The zero-order chi connectivity index (χ0) is 43.3. The minimum Gasteiger partial charge on any atom is -0.495 e. The Morgan fingerprint density at radius 2 is 1.02 bits per heavy atom. The number of hydrogen-bond acceptors (Lipinski definition) is 13. The van der Waals surface area contributed by atoms with Gasteiger partial charge in [-0.1, -0.05) is 30.3 Å². The second kappa shape index (κ2) is 19.2. The first-order valence-electron chi connectivity index (χ1n) is 19.9. The van der Waals surface area contributed by atoms with Gasteiger partial charge < -0.3 is 29.9 Å². The minimum absolute atomic E-state index is 0.285. The first kappa shape index (κ1) is 44.4. The van der Waals surface area contributed by atoms with Crippen LogP contribution < -0.4 is 39.4 Å². The van der Waals surface area contributed by atoms with Crippen LogP contribution in [0.3, 0.4) is 0 Å². The van der Waals surface area contributed by atoms with Crippen LogP contribution in [-0.4, -0.2) is 81.4 Å². The fourth-order valence-electron chi connectivity index (χ4n) is 7.71. The van der Waals surface area contributed by atoms with Gasteiger partial charge in [0, 0.05) is 65.7 Å². The van der Waals surface area contributed by atoms with Crippen LogP contribution in [-0.2, 0) is 20.0 Å². The Kier molecular flexibility index (Phi) is 14.0. The van der Waals surface area contributed by atoms with Crippen LogP contribution in [0, 0.1) is 0 Å². The zero-order valence-corrected chi connectivity index (χ0v) is 39.0. The first-order chi connectivity index (χ1) is 29.2. The Hall–Kier alpha value is -4.62. The van der Waals surface area contributed by atoms with E-state index in [4.69, 9.17) is 9.47 Å². The lowest BCUT2D eigenvalue weighted by Gasteiger charge is -2.38. The van der Waals surface area contributed by atoms with E-state index in [1.165, 1.54) is 22.7 Å². The number of hydrogen-bond donors (Lipinski definition) is 4. The predicted molar refractivity (Wildman–Crippen MR) is 254 cm³/mol. The monoisotopic (exact) mass is 920 g/mol. The SMILES string of the molecule is COc1ccc(NS(=O)(=O)c2ccc(-c3ccccc3)s2)cc1N1C[C@@H](C)N[C@@H](C)C1.COc1ccc(NS(=O)(=O)c2ccc(-c3ccsc3)s2)cc1N1C[C@@H](C)N[C@@H](C)C1. The van der Waals surface area contributed by atoms with Gasteiger partial charge in [0.2, 0.25) is 0 Å². The third-order valence-corrected chi connectivity index (χ3v) is 16.9. The average molecular weight is 921 g/mol. The molecule has 4 N–H and O–H groups in total. The molecule has 8 rings (SSSR count). The molecule has 3 aromatic carbocycles. The van der Waals surface area contributed by atoms with E-state index in [-0.39, 0.29) is 4.21 Å². The standard InChI is InChI=1S/C23H27N3O3S2.C21H25N3O3S3/c1-16-14-26(15-17(2)24-16)20-13-19(9-10-21(20)29-3)25-31(27,28)23-12-11-22(30-23)18-7-5-4-6-8-18;1-14-11-24(12-15(2)22-14)18-10-17(4-5-19(18)27-3)23-30(25,26)21-7-6-20(29-21)16-8-9-28-13-16/h4-13,16-17,24-25H,14-15H2,1-3H3;4-10,13-15,22-23H,11-12H2,1-3H3/t16-,17+;14-,15+. The molecule has 0 saturated carbocycles. The van der Waals surface area contributed by atoms with Crippen LogP contribution in [0.15, 0.2) is 116 Å². The minimum atomic E-state index is -3.69. The van der Waals surface area contributed by atoms with Crippen molar-refractivity contribution in [2.45, 2.75) is 60.3 Å². The number of anilines is 4. The Morgan fingerprint density at radius 3 is 1.43 bits per heavy atom. The number of nitrogens with one attached hydrogen (secondary N) is 4. The molecule has 6 aromatic rings. The Balaban J connectivity index is 0.000000184. The maximum atomic E-state index is 13.0. The normalized spacial score (nSPS) is 19.4. The van der Waals surface area contributed by atoms with Crippen LogP contribution in [0.2, 0.25) is 0 Å². The van der Waals surface area contributed by atoms with E-state index in [1.807, 2.05) is 83.6 Å². The maximum absolute atomic E-state index is 13.0. The highest BCUT2D eigenvalue weighted by Gasteiger charge is 2.27. The number of thiophene rings is 3. The summed E-state index contributed by atoms with van der Waals surface area (Å²) < 4.78 is 69.2. The van der Waals surface area contributed by atoms with Crippen molar-refractivity contribution in [3.05, 3.63) is 108 Å². The zero-order valence-electron chi connectivity index (χ0n) is 34.9. The molecule has 12 nitrogen and oxygen atoms in total. The summed E-state index contributed by atoms with van der Waals surface area (Å²) in [5.41, 5.74) is 4.87. The topological polar surface area (TPSA) is 141 Å². The van der Waals surface area contributed by atoms with Crippen LogP contribution in [0.25, 0.3) is 20.9 Å². The molecule has 2 aliphatic heterocycles. The predicted octanol–water partition coefficient (Wildman–Crippen LogP) is 8.88. The molecule has 2 fully saturated rings. The molecule has 0 bridgehead atoms. The lowest BCUT2D eigenvalue weighted by atomic mass is 10.1. The van der Waals surface area contributed by atoms with E-state index in [2.05, 4.69) is 57.6 Å². The van der Waals surface area contributed by atoms with Gasteiger partial charge in [-0.15, -0.1) is 22.7 Å². The van der Waals surface area contributed by atoms with Crippen molar-refractivity contribution in [1.82, 2.24) is 10.6 Å². The van der Waals surface area contributed by atoms with Gasteiger partial charge in [0.15, 0.2) is 0 Å². The number of methoxy groups -OCH3 is 2. The number of ether oxygens (including phenoxy) is 2. The molecule has 324 valence electrons. The summed E-state index contributed by atoms with van der Waals surface area (Å²) in [6.45, 7) is 11.9. The number of nitrogens with zero attached hydrogens (tertiary/aromatic N) is 2. The van der Waals surface area contributed by atoms with Crippen LogP contribution in [0.4, 0.5) is 22.7 Å². The molecular weight excluding hydrogens is 869 g/mol. The fraction of sp³-hybridized carbons (Fsp3) is 0.318. The van der Waals surface area contributed by atoms with Crippen LogP contribution in [0.1, 0.15) is 27.7 Å². The summed E-state index contributed by atoms with van der Waals surface area (Å²) in [6.07, 6.45) is 0. The van der Waals surface area contributed by atoms with Gasteiger partial charge in [0.05, 0.1) is 37.0 Å². The summed E-state index contributed by atoms with van der Waals surface area (Å²) in [5, 5.41) is 11.0. The van der Waals surface area contributed by atoms with Gasteiger partial charge in [-0.2, -0.15) is 11.3 Å². The molecule has 61 heavy (non-hydrogen) atoms. The highest BCUT2D eigenvalue weighted by Crippen LogP contribution is 2.37. The molecule has 0 spiro atoms. The quantitative estimate of drug-likeness (QED) is 0.0941. The van der Waals surface area contributed by atoms with Crippen molar-refractivity contribution in [3.63, 3.8) is 0 Å². The van der Waals surface area contributed by atoms with Gasteiger partial charge >= 0.3 is 0 Å². The molecule has 3 aromatic heterocycles. The summed E-state index contributed by atoms with van der Waals surface area (Å²) in [5.74, 6) is 1.46. The van der Waals surface area contributed by atoms with Crippen molar-refractivity contribution in [2.24, 2.45) is 0 Å². The average Bonchev–Trinajstić information content (AvgIpc) is 4.04. The summed E-state index contributed by atoms with van der Waals surface area (Å²) in [7, 11) is -4.10. The van der Waals surface area contributed by atoms with Crippen molar-refractivity contribution < 1.29 is 26.3 Å². The third-order valence-electron chi connectivity index (χ3n) is 10.2. The molecular formula is C44H52N6O6S5. The van der Waals surface area contributed by atoms with E-state index >= 15 is 0 Å². The number of piperazine rings is 2. The Bertz CT molecular complexity index is 2600. The molecule has 2 saturated heterocycles. The smallest absolute Gasteiger partial charge is 0.271 e. The van der Waals surface area contributed by atoms with E-state index in [9.17, 15) is 16.8 Å². The summed E-state index contributed by atoms with van der Waals surface area (Å²) >= 11 is 4.12. The second-order valence-corrected chi connectivity index (χ2v) is 22.1. The highest BCUT2D eigenvalue weighted by atomic mass is 32.3. The van der Waals surface area contributed by atoms with Gasteiger partial charge in [-0.25, -0.2) is 16.8 Å². The molecule has 0 radical (unpaired) electrons. The van der Waals surface area contributed by atoms with E-state index in [0.29, 0.717) is 39.8 Å². The van der Waals surface area contributed by atoms with Gasteiger partial charge in [-0.3, -0.25) is 9.44 Å². The third kappa shape index (κ3) is 10.9. The van der Waals surface area contributed by atoms with E-state index in [0.717, 1.165) is 69.9 Å². The van der Waals surface area contributed by atoms with E-state index < -0.39 is 20.0 Å². The summed E-state index contributed by atoms with van der Waals surface area (Å²) in [6, 6.07) is 30.9. The molecule has 17 heteroatoms. The van der Waals surface area contributed by atoms with Crippen LogP contribution in [0.5, 0.6) is 11.5 Å². The Morgan fingerprint density at radius 1 is 0.574 bits per heavy atom. The van der Waals surface area contributed by atoms with Crippen molar-refractivity contribution >= 4 is 76.8 Å². The van der Waals surface area contributed by atoms with Crippen molar-refractivity contribution in [2.75, 3.05) is 59.6 Å². The first-order valence-corrected chi connectivity index (χ1v) is 25.5. The van der Waals surface area contributed by atoms with Gasteiger partial charge in [0.1, 0.15) is 19.9 Å². The van der Waals surface area contributed by atoms with Crippen LogP contribution >= 0.6 is 34.0 Å². The number of rotatable bonds is 12. The van der Waals surface area contributed by atoms with Crippen molar-refractivity contribution in [1.29, 1.82) is 0 Å². The number of sulfonamides is 2.